The summed E-state index contributed by atoms with van der Waals surface area (Å²) in [6.45, 7) is 1.69. The number of benzene rings is 2. The van der Waals surface area contributed by atoms with Crippen molar-refractivity contribution in [2.45, 2.75) is 6.92 Å². The number of aryl methyl sites for hydroxylation is 1. The quantitative estimate of drug-likeness (QED) is 0.244. The van der Waals surface area contributed by atoms with Gasteiger partial charge in [0, 0.05) is 17.7 Å². The number of hydrogen-bond acceptors (Lipinski definition) is 6. The predicted octanol–water partition coefficient (Wildman–Crippen LogP) is 5.30. The number of aliphatic imine (C=N–C) groups is 1. The minimum atomic E-state index is -0.735. The Labute approximate surface area is 174 Å². The molecule has 0 saturated heterocycles. The third-order valence-corrected chi connectivity index (χ3v) is 4.69. The van der Waals surface area contributed by atoms with E-state index >= 15 is 0 Å². The van der Waals surface area contributed by atoms with Gasteiger partial charge in [-0.25, -0.2) is 14.2 Å². The Hall–Kier alpha value is -3.78. The van der Waals surface area contributed by atoms with Gasteiger partial charge in [-0.15, -0.1) is 0 Å². The number of carbonyl (C=O) groups is 1. The smallest absolute Gasteiger partial charge is 0.363 e. The molecule has 150 valence electrons. The fourth-order valence-corrected chi connectivity index (χ4v) is 3.17. The maximum Gasteiger partial charge on any atom is 0.363 e. The number of ether oxygens (including phenoxy) is 1. The highest BCUT2D eigenvalue weighted by atomic mass is 35.5. The number of nitrogens with zero attached hydrogens (tertiary/aromatic N) is 2. The Morgan fingerprint density at radius 2 is 1.93 bits per heavy atom. The third kappa shape index (κ3) is 3.60. The van der Waals surface area contributed by atoms with Crippen LogP contribution >= 0.6 is 11.6 Å². The molecule has 3 aromatic rings. The molecule has 0 aliphatic carbocycles. The van der Waals surface area contributed by atoms with Gasteiger partial charge in [0.05, 0.1) is 10.5 Å². The van der Waals surface area contributed by atoms with Gasteiger partial charge in [-0.05, 0) is 42.8 Å². The lowest BCUT2D eigenvalue weighted by Crippen LogP contribution is -2.07. The van der Waals surface area contributed by atoms with Crippen molar-refractivity contribution in [3.05, 3.63) is 92.1 Å². The molecule has 1 aliphatic heterocycles. The van der Waals surface area contributed by atoms with Crippen molar-refractivity contribution in [3.8, 4) is 11.3 Å². The molecule has 0 bridgehead atoms. The van der Waals surface area contributed by atoms with Gasteiger partial charge in [-0.3, -0.25) is 10.1 Å². The molecule has 2 heterocycles. The molecule has 1 aliphatic rings. The van der Waals surface area contributed by atoms with E-state index in [9.17, 15) is 19.3 Å². The molecule has 1 aromatic heterocycles. The summed E-state index contributed by atoms with van der Waals surface area (Å²) in [4.78, 5) is 26.6. The molecule has 0 radical (unpaired) electrons. The molecule has 0 N–H and O–H groups in total. The van der Waals surface area contributed by atoms with E-state index in [4.69, 9.17) is 20.8 Å². The van der Waals surface area contributed by atoms with Crippen LogP contribution < -0.4 is 0 Å². The van der Waals surface area contributed by atoms with Crippen LogP contribution in [-0.2, 0) is 9.53 Å². The van der Waals surface area contributed by atoms with Crippen molar-refractivity contribution in [2.24, 2.45) is 4.99 Å². The molecule has 2 aromatic carbocycles. The van der Waals surface area contributed by atoms with Gasteiger partial charge in [0.25, 0.3) is 5.69 Å². The summed E-state index contributed by atoms with van der Waals surface area (Å²) in [5.74, 6) is -0.726. The maximum atomic E-state index is 13.9. The van der Waals surface area contributed by atoms with E-state index in [1.165, 1.54) is 36.4 Å². The van der Waals surface area contributed by atoms with Crippen LogP contribution in [0.5, 0.6) is 0 Å². The number of furan rings is 1. The lowest BCUT2D eigenvalue weighted by Gasteiger charge is -2.04. The van der Waals surface area contributed by atoms with E-state index in [2.05, 4.69) is 4.99 Å². The van der Waals surface area contributed by atoms with Crippen LogP contribution in [0, 0.1) is 22.9 Å². The second kappa shape index (κ2) is 7.57. The molecule has 0 fully saturated rings. The van der Waals surface area contributed by atoms with Gasteiger partial charge in [-0.1, -0.05) is 23.7 Å². The molecule has 0 spiro atoms. The molecule has 0 amide bonds. The van der Waals surface area contributed by atoms with Gasteiger partial charge in [0.15, 0.2) is 5.70 Å². The van der Waals surface area contributed by atoms with E-state index in [0.717, 1.165) is 0 Å². The van der Waals surface area contributed by atoms with Crippen LogP contribution in [0.15, 0.2) is 63.6 Å². The molecule has 4 rings (SSSR count). The predicted molar refractivity (Wildman–Crippen MR) is 108 cm³/mol. The molecule has 7 nitrogen and oxygen atoms in total. The van der Waals surface area contributed by atoms with E-state index < -0.39 is 16.7 Å². The van der Waals surface area contributed by atoms with Gasteiger partial charge >= 0.3 is 5.97 Å². The van der Waals surface area contributed by atoms with Gasteiger partial charge in [0.2, 0.25) is 5.90 Å². The monoisotopic (exact) mass is 426 g/mol. The molecular formula is C21H12ClFN2O5. The summed E-state index contributed by atoms with van der Waals surface area (Å²) in [5, 5.41) is 11.0. The average molecular weight is 427 g/mol. The van der Waals surface area contributed by atoms with Crippen LogP contribution in [-0.4, -0.2) is 16.8 Å². The first-order chi connectivity index (χ1) is 14.3. The van der Waals surface area contributed by atoms with Crippen molar-refractivity contribution >= 4 is 35.2 Å². The zero-order chi connectivity index (χ0) is 21.4. The number of rotatable bonds is 4. The fraction of sp³-hybridized carbons (Fsp3) is 0.0476. The van der Waals surface area contributed by atoms with E-state index in [1.54, 1.807) is 25.1 Å². The van der Waals surface area contributed by atoms with Crippen molar-refractivity contribution in [1.29, 1.82) is 0 Å². The van der Waals surface area contributed by atoms with Gasteiger partial charge in [0.1, 0.15) is 22.4 Å². The van der Waals surface area contributed by atoms with E-state index in [0.29, 0.717) is 22.6 Å². The number of nitro groups is 1. The van der Waals surface area contributed by atoms with Crippen LogP contribution in [0.3, 0.4) is 0 Å². The number of cyclic esters (lactones) is 1. The van der Waals surface area contributed by atoms with Crippen LogP contribution in [0.1, 0.15) is 16.9 Å². The second-order valence-electron chi connectivity index (χ2n) is 6.39. The Morgan fingerprint density at radius 3 is 2.67 bits per heavy atom. The van der Waals surface area contributed by atoms with Crippen LogP contribution in [0.25, 0.3) is 17.4 Å². The van der Waals surface area contributed by atoms with Crippen molar-refractivity contribution in [3.63, 3.8) is 0 Å². The van der Waals surface area contributed by atoms with Gasteiger partial charge in [-0.2, -0.15) is 0 Å². The molecule has 0 saturated carbocycles. The topological polar surface area (TPSA) is 94.9 Å². The fourth-order valence-electron chi connectivity index (χ4n) is 2.94. The summed E-state index contributed by atoms with van der Waals surface area (Å²) in [6, 6.07) is 11.9. The molecule has 30 heavy (non-hydrogen) atoms. The minimum Gasteiger partial charge on any atom is -0.457 e. The standard InChI is InChI=1S/C21H12ClFN2O5/c1-11-8-18(25(27)28)15(22)10-14(11)19-7-6-12(29-19)9-17-21(26)30-20(24-17)13-4-2-3-5-16(13)23/h2-10H,1H3/b17-9-. The number of hydrogen-bond donors (Lipinski definition) is 0. The first-order valence-electron chi connectivity index (χ1n) is 8.65. The minimum absolute atomic E-state index is 0.0181. The largest absolute Gasteiger partial charge is 0.457 e. The highest BCUT2D eigenvalue weighted by Crippen LogP contribution is 2.34. The first kappa shape index (κ1) is 19.5. The van der Waals surface area contributed by atoms with E-state index in [1.807, 2.05) is 0 Å². The van der Waals surface area contributed by atoms with Crippen LogP contribution in [0.4, 0.5) is 10.1 Å². The third-order valence-electron chi connectivity index (χ3n) is 4.39. The Kier molecular flexibility index (Phi) is 4.93. The average Bonchev–Trinajstić information content (AvgIpc) is 3.31. The number of halogens is 2. The van der Waals surface area contributed by atoms with Crippen molar-refractivity contribution in [2.75, 3.05) is 0 Å². The molecule has 0 atom stereocenters. The number of carbonyl (C=O) groups excluding carboxylic acids is 1. The SMILES string of the molecule is Cc1cc([N+](=O)[O-])c(Cl)cc1-c1ccc(/C=C2\N=C(c3ccccc3F)OC2=O)o1. The molecular weight excluding hydrogens is 415 g/mol. The zero-order valence-electron chi connectivity index (χ0n) is 15.4. The summed E-state index contributed by atoms with van der Waals surface area (Å²) in [6.07, 6.45) is 1.36. The maximum absolute atomic E-state index is 13.9. The normalized spacial score (nSPS) is 14.7. The molecule has 0 unspecified atom stereocenters. The summed E-state index contributed by atoms with van der Waals surface area (Å²) in [7, 11) is 0. The number of esters is 1. The van der Waals surface area contributed by atoms with Crippen molar-refractivity contribution in [1.82, 2.24) is 0 Å². The van der Waals surface area contributed by atoms with Gasteiger partial charge < -0.3 is 9.15 Å². The van der Waals surface area contributed by atoms with E-state index in [-0.39, 0.29) is 27.9 Å². The Bertz CT molecular complexity index is 1260. The van der Waals surface area contributed by atoms with Crippen molar-refractivity contribution < 1.29 is 23.3 Å². The summed E-state index contributed by atoms with van der Waals surface area (Å²) in [5.41, 5.74) is 0.994. The highest BCUT2D eigenvalue weighted by Gasteiger charge is 2.26. The highest BCUT2D eigenvalue weighted by molar-refractivity contribution is 6.33. The summed E-state index contributed by atoms with van der Waals surface area (Å²) >= 11 is 5.99. The Morgan fingerprint density at radius 1 is 1.17 bits per heavy atom. The van der Waals surface area contributed by atoms with Crippen LogP contribution in [0.2, 0.25) is 5.02 Å². The second-order valence-corrected chi connectivity index (χ2v) is 6.80. The number of nitro benzene ring substituents is 1. The zero-order valence-corrected chi connectivity index (χ0v) is 16.1. The summed E-state index contributed by atoms with van der Waals surface area (Å²) < 4.78 is 24.7. The lowest BCUT2D eigenvalue weighted by atomic mass is 10.1. The first-order valence-corrected chi connectivity index (χ1v) is 9.03. The molecule has 9 heteroatoms. The lowest BCUT2D eigenvalue weighted by molar-refractivity contribution is -0.384. The Balaban J connectivity index is 1.66.